The number of halogens is 1. The first kappa shape index (κ1) is 31.2. The van der Waals surface area contributed by atoms with Gasteiger partial charge in [0.1, 0.15) is 35.0 Å². The van der Waals surface area contributed by atoms with Crippen LogP contribution in [-0.2, 0) is 32.2 Å². The summed E-state index contributed by atoms with van der Waals surface area (Å²) >= 11 is 0. The van der Waals surface area contributed by atoms with Crippen molar-refractivity contribution in [2.45, 2.75) is 62.9 Å². The second kappa shape index (κ2) is 12.4. The summed E-state index contributed by atoms with van der Waals surface area (Å²) < 4.78 is 33.2. The Balaban J connectivity index is 0.943. The van der Waals surface area contributed by atoms with Crippen LogP contribution >= 0.6 is 0 Å². The first-order valence-electron chi connectivity index (χ1n) is 16.9. The lowest BCUT2D eigenvalue weighted by molar-refractivity contribution is -0.136. The number of methoxy groups -OCH3 is 1. The Hall–Kier alpha value is -4.13. The SMILES string of the molecule is COC[C@@H]1CN(Cc2cc(F)c3nc(N4CCC45CCOCC5)ccc3c2)C[C@H]1Oc1ccc2c(c1)CN([C@H]1CCC(=O)NC1=O)C2=O. The second-order valence-corrected chi connectivity index (χ2v) is 13.8. The lowest BCUT2D eigenvalue weighted by atomic mass is 9.78. The van der Waals surface area contributed by atoms with Gasteiger partial charge in [0.15, 0.2) is 0 Å². The Morgan fingerprint density at radius 1 is 1.06 bits per heavy atom. The molecule has 3 atom stereocenters. The summed E-state index contributed by atoms with van der Waals surface area (Å²) in [6, 6.07) is 12.4. The van der Waals surface area contributed by atoms with Crippen molar-refractivity contribution in [2.75, 3.05) is 51.5 Å². The fraction of sp³-hybridized carbons (Fsp3) is 0.500. The van der Waals surface area contributed by atoms with Gasteiger partial charge in [0.05, 0.1) is 6.61 Å². The van der Waals surface area contributed by atoms with Crippen LogP contribution in [-0.4, -0.2) is 96.8 Å². The van der Waals surface area contributed by atoms with Crippen molar-refractivity contribution in [3.63, 3.8) is 0 Å². The summed E-state index contributed by atoms with van der Waals surface area (Å²) in [4.78, 5) is 48.1. The molecule has 252 valence electrons. The third-order valence-corrected chi connectivity index (χ3v) is 10.9. The first-order chi connectivity index (χ1) is 23.3. The van der Waals surface area contributed by atoms with E-state index in [2.05, 4.69) is 15.1 Å². The highest BCUT2D eigenvalue weighted by Crippen LogP contribution is 2.42. The van der Waals surface area contributed by atoms with E-state index in [1.807, 2.05) is 24.3 Å². The van der Waals surface area contributed by atoms with Crippen LogP contribution in [0.4, 0.5) is 10.2 Å². The Morgan fingerprint density at radius 3 is 2.69 bits per heavy atom. The topological polar surface area (TPSA) is 114 Å². The average Bonchev–Trinajstić information content (AvgIpc) is 3.59. The summed E-state index contributed by atoms with van der Waals surface area (Å²) in [6.45, 7) is 5.16. The molecule has 0 aliphatic carbocycles. The Morgan fingerprint density at radius 2 is 1.92 bits per heavy atom. The fourth-order valence-corrected chi connectivity index (χ4v) is 8.27. The number of hydrogen-bond donors (Lipinski definition) is 1. The minimum atomic E-state index is -0.663. The van der Waals surface area contributed by atoms with E-state index in [0.29, 0.717) is 42.9 Å². The average molecular weight is 658 g/mol. The fourth-order valence-electron chi connectivity index (χ4n) is 8.27. The van der Waals surface area contributed by atoms with Gasteiger partial charge in [-0.2, -0.15) is 0 Å². The predicted molar refractivity (Wildman–Crippen MR) is 174 cm³/mol. The van der Waals surface area contributed by atoms with Crippen LogP contribution in [0.2, 0.25) is 0 Å². The Kier molecular flexibility index (Phi) is 8.05. The van der Waals surface area contributed by atoms with Gasteiger partial charge in [-0.05, 0) is 79.3 Å². The second-order valence-electron chi connectivity index (χ2n) is 13.8. The molecule has 5 aliphatic heterocycles. The molecular weight excluding hydrogens is 617 g/mol. The molecule has 4 fully saturated rings. The number of amides is 3. The van der Waals surface area contributed by atoms with Crippen molar-refractivity contribution in [1.82, 2.24) is 20.1 Å². The van der Waals surface area contributed by atoms with E-state index >= 15 is 4.39 Å². The zero-order chi connectivity index (χ0) is 33.0. The van der Waals surface area contributed by atoms with Crippen LogP contribution in [0.5, 0.6) is 5.75 Å². The minimum absolute atomic E-state index is 0.0911. The van der Waals surface area contributed by atoms with E-state index in [4.69, 9.17) is 19.2 Å². The van der Waals surface area contributed by atoms with Crippen molar-refractivity contribution in [3.05, 3.63) is 65.0 Å². The van der Waals surface area contributed by atoms with Gasteiger partial charge < -0.3 is 24.0 Å². The summed E-state index contributed by atoms with van der Waals surface area (Å²) in [7, 11) is 1.67. The number of nitrogens with zero attached hydrogens (tertiary/aromatic N) is 4. The lowest BCUT2D eigenvalue weighted by Gasteiger charge is -2.55. The highest BCUT2D eigenvalue weighted by atomic mass is 19.1. The molecule has 1 spiro atoms. The maximum Gasteiger partial charge on any atom is 0.255 e. The van der Waals surface area contributed by atoms with Crippen molar-refractivity contribution in [2.24, 2.45) is 5.92 Å². The number of nitrogens with one attached hydrogen (secondary N) is 1. The van der Waals surface area contributed by atoms with Gasteiger partial charge in [-0.3, -0.25) is 24.6 Å². The van der Waals surface area contributed by atoms with E-state index in [1.54, 1.807) is 25.3 Å². The zero-order valence-corrected chi connectivity index (χ0v) is 27.1. The van der Waals surface area contributed by atoms with Crippen LogP contribution in [0, 0.1) is 11.7 Å². The van der Waals surface area contributed by atoms with E-state index in [1.165, 1.54) is 4.90 Å². The molecule has 8 rings (SSSR count). The van der Waals surface area contributed by atoms with Crippen LogP contribution in [0.15, 0.2) is 42.5 Å². The number of imide groups is 1. The number of benzene rings is 2. The van der Waals surface area contributed by atoms with Gasteiger partial charge in [0.2, 0.25) is 11.8 Å². The van der Waals surface area contributed by atoms with Gasteiger partial charge in [0.25, 0.3) is 5.91 Å². The molecule has 5 aliphatic rings. The number of rotatable bonds is 8. The van der Waals surface area contributed by atoms with Crippen molar-refractivity contribution < 1.29 is 33.0 Å². The minimum Gasteiger partial charge on any atom is -0.489 e. The highest BCUT2D eigenvalue weighted by molar-refractivity contribution is 6.05. The zero-order valence-electron chi connectivity index (χ0n) is 27.1. The molecule has 1 aromatic heterocycles. The summed E-state index contributed by atoms with van der Waals surface area (Å²) in [5, 5.41) is 3.13. The molecule has 0 saturated carbocycles. The lowest BCUT2D eigenvalue weighted by Crippen LogP contribution is -2.62. The van der Waals surface area contributed by atoms with E-state index < -0.39 is 11.9 Å². The molecule has 2 aromatic carbocycles. The Bertz CT molecular complexity index is 1780. The van der Waals surface area contributed by atoms with Crippen molar-refractivity contribution in [1.29, 1.82) is 0 Å². The molecule has 0 bridgehead atoms. The molecule has 0 unspecified atom stereocenters. The molecule has 12 heteroatoms. The van der Waals surface area contributed by atoms with Gasteiger partial charge in [-0.1, -0.05) is 0 Å². The van der Waals surface area contributed by atoms with Crippen LogP contribution in [0.3, 0.4) is 0 Å². The quantitative estimate of drug-likeness (QED) is 0.364. The van der Waals surface area contributed by atoms with E-state index in [-0.39, 0.29) is 48.2 Å². The normalized spacial score (nSPS) is 25.5. The Labute approximate surface area is 278 Å². The van der Waals surface area contributed by atoms with E-state index in [0.717, 1.165) is 67.9 Å². The number of piperidine rings is 1. The monoisotopic (exact) mass is 657 g/mol. The molecular formula is C36H40FN5O6. The third kappa shape index (κ3) is 5.59. The van der Waals surface area contributed by atoms with Crippen LogP contribution in [0.1, 0.15) is 53.6 Å². The predicted octanol–water partition coefficient (Wildman–Crippen LogP) is 3.42. The van der Waals surface area contributed by atoms with Crippen LogP contribution < -0.4 is 15.0 Å². The summed E-state index contributed by atoms with van der Waals surface area (Å²) in [5.74, 6) is 0.300. The van der Waals surface area contributed by atoms with Crippen molar-refractivity contribution in [3.8, 4) is 5.75 Å². The largest absolute Gasteiger partial charge is 0.489 e. The molecule has 11 nitrogen and oxygen atoms in total. The first-order valence-corrected chi connectivity index (χ1v) is 16.9. The molecule has 3 amide bonds. The molecule has 0 radical (unpaired) electrons. The van der Waals surface area contributed by atoms with E-state index in [9.17, 15) is 14.4 Å². The number of hydrogen-bond acceptors (Lipinski definition) is 9. The van der Waals surface area contributed by atoms with Gasteiger partial charge in [0, 0.05) is 81.9 Å². The molecule has 1 N–H and O–H groups in total. The van der Waals surface area contributed by atoms with Crippen molar-refractivity contribution >= 4 is 34.4 Å². The molecule has 4 saturated heterocycles. The number of pyridine rings is 1. The number of likely N-dealkylation sites (tertiary alicyclic amines) is 1. The number of anilines is 1. The summed E-state index contributed by atoms with van der Waals surface area (Å²) in [6.07, 6.45) is 3.44. The summed E-state index contributed by atoms with van der Waals surface area (Å²) in [5.41, 5.74) is 2.70. The molecule has 48 heavy (non-hydrogen) atoms. The smallest absolute Gasteiger partial charge is 0.255 e. The number of aromatic nitrogens is 1. The third-order valence-electron chi connectivity index (χ3n) is 10.9. The highest BCUT2D eigenvalue weighted by Gasteiger charge is 2.46. The molecule has 6 heterocycles. The van der Waals surface area contributed by atoms with Crippen LogP contribution in [0.25, 0.3) is 10.9 Å². The number of ether oxygens (including phenoxy) is 3. The number of carbonyl (C=O) groups excluding carboxylic acids is 3. The standard InChI is InChI=1S/C36H40FN5O6/c1-46-21-25-18-40(17-22-14-23-2-6-31(38-33(23)28(37)15-22)42-11-8-36(42)9-12-47-13-10-36)20-30(25)48-26-3-4-27-24(16-26)19-41(35(27)45)29-5-7-32(43)39-34(29)44/h2-4,6,14-16,25,29-30H,5,7-13,17-21H2,1H3,(H,39,43,44)/t25-,29-,30+/m0/s1. The van der Waals surface area contributed by atoms with Gasteiger partial charge >= 0.3 is 0 Å². The maximum absolute atomic E-state index is 15.6. The van der Waals surface area contributed by atoms with Gasteiger partial charge in [-0.25, -0.2) is 9.37 Å². The van der Waals surface area contributed by atoms with Gasteiger partial charge in [-0.15, -0.1) is 0 Å². The number of carbonyl (C=O) groups is 3. The maximum atomic E-state index is 15.6. The number of fused-ring (bicyclic) bond motifs is 2. The molecule has 3 aromatic rings.